The Kier molecular flexibility index (Phi) is 6.08. The minimum absolute atomic E-state index is 0.0623. The maximum Gasteiger partial charge on any atom is 0.223 e. The second kappa shape index (κ2) is 7.82. The zero-order valence-electron chi connectivity index (χ0n) is 11.7. The van der Waals surface area contributed by atoms with Crippen LogP contribution in [0.25, 0.3) is 0 Å². The molecule has 7 heteroatoms. The van der Waals surface area contributed by atoms with Crippen LogP contribution in [-0.2, 0) is 4.79 Å². The predicted octanol–water partition coefficient (Wildman–Crippen LogP) is 2.29. The van der Waals surface area contributed by atoms with Crippen LogP contribution in [0.4, 0.5) is 5.82 Å². The maximum absolute atomic E-state index is 12.1. The zero-order chi connectivity index (χ0) is 15.2. The molecule has 0 radical (unpaired) electrons. The smallest absolute Gasteiger partial charge is 0.223 e. The van der Waals surface area contributed by atoms with Gasteiger partial charge in [-0.25, -0.2) is 4.98 Å². The van der Waals surface area contributed by atoms with Gasteiger partial charge in [0.2, 0.25) is 5.91 Å². The van der Waals surface area contributed by atoms with E-state index < -0.39 is 0 Å². The minimum atomic E-state index is 0.0623. The lowest BCUT2D eigenvalue weighted by molar-refractivity contribution is -0.125. The van der Waals surface area contributed by atoms with Gasteiger partial charge in [-0.15, -0.1) is 0 Å². The molecule has 2 rings (SSSR count). The SMILES string of the molecule is NC[C@H]1CCC[C@H]1C(=O)NCCNc1ncc(Cl)cc1Cl. The number of anilines is 1. The number of pyridine rings is 1. The van der Waals surface area contributed by atoms with Crippen LogP contribution in [0.2, 0.25) is 10.0 Å². The summed E-state index contributed by atoms with van der Waals surface area (Å²) in [5.74, 6) is 1.05. The van der Waals surface area contributed by atoms with Crippen molar-refractivity contribution in [3.05, 3.63) is 22.3 Å². The van der Waals surface area contributed by atoms with Crippen LogP contribution in [0.3, 0.4) is 0 Å². The van der Waals surface area contributed by atoms with Crippen molar-refractivity contribution >= 4 is 34.9 Å². The van der Waals surface area contributed by atoms with Crippen LogP contribution in [0.5, 0.6) is 0 Å². The molecule has 2 atom stereocenters. The summed E-state index contributed by atoms with van der Waals surface area (Å²) in [5.41, 5.74) is 5.70. The first-order chi connectivity index (χ1) is 10.1. The van der Waals surface area contributed by atoms with Crippen molar-refractivity contribution < 1.29 is 4.79 Å². The van der Waals surface area contributed by atoms with Gasteiger partial charge in [-0.1, -0.05) is 29.6 Å². The van der Waals surface area contributed by atoms with Crippen molar-refractivity contribution in [3.8, 4) is 0 Å². The van der Waals surface area contributed by atoms with Gasteiger partial charge < -0.3 is 16.4 Å². The van der Waals surface area contributed by atoms with Gasteiger partial charge in [-0.2, -0.15) is 0 Å². The molecule has 0 aromatic carbocycles. The number of rotatable bonds is 6. The Labute approximate surface area is 134 Å². The number of carbonyl (C=O) groups is 1. The van der Waals surface area contributed by atoms with Crippen LogP contribution in [0.15, 0.2) is 12.3 Å². The lowest BCUT2D eigenvalue weighted by Gasteiger charge is -2.17. The third-order valence-corrected chi connectivity index (χ3v) is 4.32. The first kappa shape index (κ1) is 16.3. The minimum Gasteiger partial charge on any atom is -0.367 e. The summed E-state index contributed by atoms with van der Waals surface area (Å²) in [5, 5.41) is 6.97. The third kappa shape index (κ3) is 4.46. The van der Waals surface area contributed by atoms with E-state index >= 15 is 0 Å². The van der Waals surface area contributed by atoms with Crippen molar-refractivity contribution in [2.45, 2.75) is 19.3 Å². The molecule has 0 aliphatic heterocycles. The molecule has 0 bridgehead atoms. The Hall–Kier alpha value is -1.04. The Morgan fingerprint density at radius 2 is 2.19 bits per heavy atom. The standard InChI is InChI=1S/C14H20Cl2N4O/c15-10-6-12(16)13(20-8-10)18-4-5-19-14(21)11-3-1-2-9(11)7-17/h6,8-9,11H,1-5,7,17H2,(H,18,20)(H,19,21)/t9-,11-/m1/s1. The van der Waals surface area contributed by atoms with Gasteiger partial charge in [0.1, 0.15) is 5.82 Å². The molecule has 1 heterocycles. The number of nitrogens with two attached hydrogens (primary N) is 1. The van der Waals surface area contributed by atoms with Crippen molar-refractivity contribution in [1.29, 1.82) is 0 Å². The molecule has 1 amide bonds. The highest BCUT2D eigenvalue weighted by molar-refractivity contribution is 6.35. The molecule has 0 saturated heterocycles. The predicted molar refractivity (Wildman–Crippen MR) is 85.6 cm³/mol. The van der Waals surface area contributed by atoms with E-state index in [2.05, 4.69) is 15.6 Å². The number of hydrogen-bond acceptors (Lipinski definition) is 4. The van der Waals surface area contributed by atoms with E-state index in [1.54, 1.807) is 6.07 Å². The van der Waals surface area contributed by atoms with E-state index in [1.165, 1.54) is 6.20 Å². The molecule has 1 fully saturated rings. The molecule has 1 aromatic heterocycles. The number of nitrogens with zero attached hydrogens (tertiary/aromatic N) is 1. The summed E-state index contributed by atoms with van der Waals surface area (Å²) in [6.07, 6.45) is 4.60. The Bertz CT molecular complexity index is 498. The molecule has 1 aliphatic carbocycles. The van der Waals surface area contributed by atoms with E-state index in [0.29, 0.717) is 41.4 Å². The fourth-order valence-electron chi connectivity index (χ4n) is 2.71. The molecule has 1 saturated carbocycles. The van der Waals surface area contributed by atoms with Crippen molar-refractivity contribution in [2.24, 2.45) is 17.6 Å². The van der Waals surface area contributed by atoms with Crippen molar-refractivity contribution in [1.82, 2.24) is 10.3 Å². The average Bonchev–Trinajstić information content (AvgIpc) is 2.93. The molecule has 1 aliphatic rings. The average molecular weight is 331 g/mol. The number of aromatic nitrogens is 1. The van der Waals surface area contributed by atoms with Crippen molar-refractivity contribution in [3.63, 3.8) is 0 Å². The number of hydrogen-bond donors (Lipinski definition) is 3. The molecular weight excluding hydrogens is 311 g/mol. The monoisotopic (exact) mass is 330 g/mol. The summed E-state index contributed by atoms with van der Waals surface area (Å²) < 4.78 is 0. The van der Waals surface area contributed by atoms with Crippen molar-refractivity contribution in [2.75, 3.05) is 25.0 Å². The first-order valence-corrected chi connectivity index (χ1v) is 7.90. The summed E-state index contributed by atoms with van der Waals surface area (Å²) >= 11 is 11.8. The van der Waals surface area contributed by atoms with Gasteiger partial charge >= 0.3 is 0 Å². The number of nitrogens with one attached hydrogen (secondary N) is 2. The van der Waals surface area contributed by atoms with Gasteiger partial charge in [0.15, 0.2) is 0 Å². The van der Waals surface area contributed by atoms with Crippen LogP contribution >= 0.6 is 23.2 Å². The Morgan fingerprint density at radius 1 is 1.38 bits per heavy atom. The van der Waals surface area contributed by atoms with Crippen LogP contribution in [-0.4, -0.2) is 30.5 Å². The van der Waals surface area contributed by atoms with Gasteiger partial charge in [0, 0.05) is 25.2 Å². The number of amides is 1. The van der Waals surface area contributed by atoms with Gasteiger partial charge in [-0.3, -0.25) is 4.79 Å². The summed E-state index contributed by atoms with van der Waals surface area (Å²) in [6, 6.07) is 1.63. The summed E-state index contributed by atoms with van der Waals surface area (Å²) in [6.45, 7) is 1.66. The van der Waals surface area contributed by atoms with Crippen LogP contribution in [0.1, 0.15) is 19.3 Å². The van der Waals surface area contributed by atoms with E-state index in [0.717, 1.165) is 19.3 Å². The Morgan fingerprint density at radius 3 is 2.90 bits per heavy atom. The molecule has 116 valence electrons. The number of carbonyl (C=O) groups excluding carboxylic acids is 1. The lowest BCUT2D eigenvalue weighted by Crippen LogP contribution is -2.37. The fraction of sp³-hybridized carbons (Fsp3) is 0.571. The molecule has 0 spiro atoms. The fourth-order valence-corrected chi connectivity index (χ4v) is 3.15. The quantitative estimate of drug-likeness (QED) is 0.699. The second-order valence-corrected chi connectivity index (χ2v) is 6.08. The molecule has 21 heavy (non-hydrogen) atoms. The Balaban J connectivity index is 1.73. The largest absolute Gasteiger partial charge is 0.367 e. The first-order valence-electron chi connectivity index (χ1n) is 7.14. The highest BCUT2D eigenvalue weighted by atomic mass is 35.5. The highest BCUT2D eigenvalue weighted by Gasteiger charge is 2.31. The molecule has 5 nitrogen and oxygen atoms in total. The van der Waals surface area contributed by atoms with Crippen LogP contribution < -0.4 is 16.4 Å². The lowest BCUT2D eigenvalue weighted by atomic mass is 9.95. The van der Waals surface area contributed by atoms with E-state index in [9.17, 15) is 4.79 Å². The molecule has 0 unspecified atom stereocenters. The van der Waals surface area contributed by atoms with Crippen LogP contribution in [0, 0.1) is 11.8 Å². The highest BCUT2D eigenvalue weighted by Crippen LogP contribution is 2.30. The normalized spacial score (nSPS) is 21.3. The topological polar surface area (TPSA) is 80.0 Å². The van der Waals surface area contributed by atoms with Gasteiger partial charge in [0.05, 0.1) is 10.0 Å². The van der Waals surface area contributed by atoms with E-state index in [1.807, 2.05) is 0 Å². The van der Waals surface area contributed by atoms with Gasteiger partial charge in [-0.05, 0) is 31.4 Å². The number of halogens is 2. The maximum atomic E-state index is 12.1. The van der Waals surface area contributed by atoms with E-state index in [4.69, 9.17) is 28.9 Å². The molecule has 4 N–H and O–H groups in total. The third-order valence-electron chi connectivity index (χ3n) is 3.82. The second-order valence-electron chi connectivity index (χ2n) is 5.23. The van der Waals surface area contributed by atoms with Gasteiger partial charge in [0.25, 0.3) is 0 Å². The molecule has 1 aromatic rings. The zero-order valence-corrected chi connectivity index (χ0v) is 13.3. The molecular formula is C14H20Cl2N4O. The summed E-state index contributed by atoms with van der Waals surface area (Å²) in [4.78, 5) is 16.2. The summed E-state index contributed by atoms with van der Waals surface area (Å²) in [7, 11) is 0. The van der Waals surface area contributed by atoms with E-state index in [-0.39, 0.29) is 11.8 Å².